The van der Waals surface area contributed by atoms with Gasteiger partial charge in [-0.1, -0.05) is 6.07 Å². The van der Waals surface area contributed by atoms with Gasteiger partial charge in [0.2, 0.25) is 0 Å². The summed E-state index contributed by atoms with van der Waals surface area (Å²) in [6, 6.07) is 21.1. The van der Waals surface area contributed by atoms with Crippen LogP contribution in [0.3, 0.4) is 0 Å². The highest BCUT2D eigenvalue weighted by molar-refractivity contribution is 6.04. The molecule has 1 amide bonds. The van der Waals surface area contributed by atoms with Crippen molar-refractivity contribution in [3.63, 3.8) is 0 Å². The maximum Gasteiger partial charge on any atom is 0.255 e. The molecule has 6 nitrogen and oxygen atoms in total. The fourth-order valence-corrected chi connectivity index (χ4v) is 4.03. The number of hydrogen-bond acceptors (Lipinski definition) is 4. The number of nitrogens with zero attached hydrogens (tertiary/aromatic N) is 3. The van der Waals surface area contributed by atoms with Gasteiger partial charge in [0, 0.05) is 42.4 Å². The second-order valence-corrected chi connectivity index (χ2v) is 8.06. The average Bonchev–Trinajstić information content (AvgIpc) is 3.27. The molecule has 3 heterocycles. The molecule has 0 bridgehead atoms. The monoisotopic (exact) mass is 426 g/mol. The minimum absolute atomic E-state index is 0.136. The third kappa shape index (κ3) is 4.59. The molecule has 0 radical (unpaired) electrons. The summed E-state index contributed by atoms with van der Waals surface area (Å²) in [5, 5.41) is 2.97. The number of benzene rings is 2. The lowest BCUT2D eigenvalue weighted by Crippen LogP contribution is -2.29. The number of anilines is 2. The second kappa shape index (κ2) is 9.14. The molecule has 4 aromatic rings. The first kappa shape index (κ1) is 20.1. The molecule has 1 saturated heterocycles. The van der Waals surface area contributed by atoms with Crippen molar-refractivity contribution in [3.05, 3.63) is 90.4 Å². The number of ether oxygens (including phenoxy) is 1. The summed E-state index contributed by atoms with van der Waals surface area (Å²) in [5.74, 6) is 0.562. The molecule has 2 aromatic carbocycles. The zero-order valence-corrected chi connectivity index (χ0v) is 17.9. The fourth-order valence-electron chi connectivity index (χ4n) is 4.03. The van der Waals surface area contributed by atoms with Crippen LogP contribution < -0.4 is 15.0 Å². The van der Waals surface area contributed by atoms with Crippen LogP contribution in [0.1, 0.15) is 35.3 Å². The molecule has 32 heavy (non-hydrogen) atoms. The largest absolute Gasteiger partial charge is 0.487 e. The van der Waals surface area contributed by atoms with Crippen LogP contribution in [0.2, 0.25) is 0 Å². The summed E-state index contributed by atoms with van der Waals surface area (Å²) < 4.78 is 7.80. The van der Waals surface area contributed by atoms with Gasteiger partial charge in [-0.15, -0.1) is 0 Å². The molecular formula is C26H26N4O2. The van der Waals surface area contributed by atoms with Crippen molar-refractivity contribution < 1.29 is 9.53 Å². The Hall–Kier alpha value is -3.80. The summed E-state index contributed by atoms with van der Waals surface area (Å²) in [6.45, 7) is 2.59. The lowest BCUT2D eigenvalue weighted by atomic mass is 10.1. The number of rotatable bonds is 6. The Bertz CT molecular complexity index is 1160. The Morgan fingerprint density at radius 1 is 0.938 bits per heavy atom. The molecule has 6 heteroatoms. The lowest BCUT2D eigenvalue weighted by molar-refractivity contribution is 0.102. The predicted molar refractivity (Wildman–Crippen MR) is 126 cm³/mol. The molecular weight excluding hydrogens is 400 g/mol. The van der Waals surface area contributed by atoms with E-state index in [1.807, 2.05) is 59.3 Å². The Balaban J connectivity index is 1.16. The van der Waals surface area contributed by atoms with Crippen molar-refractivity contribution in [2.75, 3.05) is 23.3 Å². The number of amides is 1. The number of hydrogen-bond donors (Lipinski definition) is 1. The SMILES string of the molecule is O=C(Nc1ccc(N2CCCCC2)cc1)c1ccc(OCc2cn3ccccc3n2)cc1. The van der Waals surface area contributed by atoms with Crippen LogP contribution in [-0.2, 0) is 6.61 Å². The van der Waals surface area contributed by atoms with Gasteiger partial charge in [0.25, 0.3) is 5.91 Å². The number of pyridine rings is 1. The molecule has 162 valence electrons. The first-order chi connectivity index (χ1) is 15.7. The topological polar surface area (TPSA) is 58.9 Å². The van der Waals surface area contributed by atoms with Crippen LogP contribution in [0.15, 0.2) is 79.1 Å². The molecule has 5 rings (SSSR count). The summed E-state index contributed by atoms with van der Waals surface area (Å²) in [6.07, 6.45) is 7.72. The van der Waals surface area contributed by atoms with Gasteiger partial charge in [-0.3, -0.25) is 4.79 Å². The molecule has 1 fully saturated rings. The number of nitrogens with one attached hydrogen (secondary N) is 1. The predicted octanol–water partition coefficient (Wildman–Crippen LogP) is 5.16. The van der Waals surface area contributed by atoms with Crippen molar-refractivity contribution in [2.24, 2.45) is 0 Å². The van der Waals surface area contributed by atoms with Gasteiger partial charge in [-0.05, 0) is 79.9 Å². The molecule has 1 N–H and O–H groups in total. The zero-order valence-electron chi connectivity index (χ0n) is 17.9. The normalized spacial score (nSPS) is 13.8. The Labute approximate surface area is 187 Å². The van der Waals surface area contributed by atoms with E-state index in [-0.39, 0.29) is 5.91 Å². The highest BCUT2D eigenvalue weighted by atomic mass is 16.5. The van der Waals surface area contributed by atoms with Crippen LogP contribution >= 0.6 is 0 Å². The number of imidazole rings is 1. The van der Waals surface area contributed by atoms with Crippen molar-refractivity contribution in [3.8, 4) is 5.75 Å². The minimum atomic E-state index is -0.136. The molecule has 0 unspecified atom stereocenters. The van der Waals surface area contributed by atoms with E-state index in [9.17, 15) is 4.79 Å². The third-order valence-electron chi connectivity index (χ3n) is 5.76. The second-order valence-electron chi connectivity index (χ2n) is 8.06. The van der Waals surface area contributed by atoms with Crippen LogP contribution in [0.5, 0.6) is 5.75 Å². The van der Waals surface area contributed by atoms with E-state index in [0.29, 0.717) is 17.9 Å². The lowest BCUT2D eigenvalue weighted by Gasteiger charge is -2.28. The maximum atomic E-state index is 12.6. The standard InChI is InChI=1S/C26H26N4O2/c31-26(28-21-9-11-23(12-10-21)29-15-3-1-4-16-29)20-7-13-24(14-8-20)32-19-22-18-30-17-5-2-6-25(30)27-22/h2,5-14,17-18H,1,3-4,15-16,19H2,(H,28,31). The Kier molecular flexibility index (Phi) is 5.75. The van der Waals surface area contributed by atoms with Crippen LogP contribution in [0.25, 0.3) is 5.65 Å². The fraction of sp³-hybridized carbons (Fsp3) is 0.231. The van der Waals surface area contributed by atoms with E-state index in [1.165, 1.54) is 24.9 Å². The summed E-state index contributed by atoms with van der Waals surface area (Å²) in [4.78, 5) is 19.5. The van der Waals surface area contributed by atoms with E-state index in [0.717, 1.165) is 30.1 Å². The zero-order chi connectivity index (χ0) is 21.8. The highest BCUT2D eigenvalue weighted by Gasteiger charge is 2.11. The van der Waals surface area contributed by atoms with Gasteiger partial charge in [0.05, 0.1) is 5.69 Å². The van der Waals surface area contributed by atoms with Crippen molar-refractivity contribution in [1.82, 2.24) is 9.38 Å². The minimum Gasteiger partial charge on any atom is -0.487 e. The summed E-state index contributed by atoms with van der Waals surface area (Å²) >= 11 is 0. The molecule has 1 aliphatic heterocycles. The van der Waals surface area contributed by atoms with E-state index >= 15 is 0 Å². The van der Waals surface area contributed by atoms with Crippen LogP contribution in [0, 0.1) is 0 Å². The Morgan fingerprint density at radius 3 is 2.47 bits per heavy atom. The quantitative estimate of drug-likeness (QED) is 0.463. The number of aromatic nitrogens is 2. The number of fused-ring (bicyclic) bond motifs is 1. The van der Waals surface area contributed by atoms with Gasteiger partial charge in [-0.2, -0.15) is 0 Å². The van der Waals surface area contributed by atoms with Crippen LogP contribution in [-0.4, -0.2) is 28.4 Å². The van der Waals surface area contributed by atoms with Gasteiger partial charge in [0.1, 0.15) is 18.0 Å². The molecule has 0 atom stereocenters. The third-order valence-corrected chi connectivity index (χ3v) is 5.76. The summed E-state index contributed by atoms with van der Waals surface area (Å²) in [7, 11) is 0. The van der Waals surface area contributed by atoms with Crippen molar-refractivity contribution in [1.29, 1.82) is 0 Å². The Morgan fingerprint density at radius 2 is 1.72 bits per heavy atom. The van der Waals surface area contributed by atoms with Gasteiger partial charge in [-0.25, -0.2) is 4.98 Å². The number of carbonyl (C=O) groups excluding carboxylic acids is 1. The van der Waals surface area contributed by atoms with Crippen molar-refractivity contribution in [2.45, 2.75) is 25.9 Å². The highest BCUT2D eigenvalue weighted by Crippen LogP contribution is 2.22. The van der Waals surface area contributed by atoms with E-state index in [2.05, 4.69) is 27.3 Å². The molecule has 0 saturated carbocycles. The van der Waals surface area contributed by atoms with E-state index < -0.39 is 0 Å². The molecule has 1 aliphatic rings. The van der Waals surface area contributed by atoms with Crippen LogP contribution in [0.4, 0.5) is 11.4 Å². The first-order valence-corrected chi connectivity index (χ1v) is 11.1. The summed E-state index contributed by atoms with van der Waals surface area (Å²) in [5.41, 5.74) is 4.34. The number of piperidine rings is 1. The smallest absolute Gasteiger partial charge is 0.255 e. The van der Waals surface area contributed by atoms with Gasteiger partial charge < -0.3 is 19.4 Å². The van der Waals surface area contributed by atoms with Crippen molar-refractivity contribution >= 4 is 22.9 Å². The molecule has 0 spiro atoms. The molecule has 2 aromatic heterocycles. The molecule has 0 aliphatic carbocycles. The maximum absolute atomic E-state index is 12.6. The van der Waals surface area contributed by atoms with E-state index in [1.54, 1.807) is 12.1 Å². The van der Waals surface area contributed by atoms with Gasteiger partial charge in [0.15, 0.2) is 0 Å². The van der Waals surface area contributed by atoms with E-state index in [4.69, 9.17) is 4.74 Å². The van der Waals surface area contributed by atoms with Gasteiger partial charge >= 0.3 is 0 Å². The first-order valence-electron chi connectivity index (χ1n) is 11.1. The average molecular weight is 427 g/mol. The number of carbonyl (C=O) groups is 1.